The van der Waals surface area contributed by atoms with Crippen LogP contribution in [0.25, 0.3) is 10.9 Å². The fourth-order valence-corrected chi connectivity index (χ4v) is 2.29. The van der Waals surface area contributed by atoms with E-state index in [0.717, 1.165) is 36.8 Å². The van der Waals surface area contributed by atoms with Crippen molar-refractivity contribution in [2.45, 2.75) is 19.4 Å². The maximum atomic E-state index is 13.2. The molecule has 3 rings (SSSR count). The Morgan fingerprint density at radius 1 is 1.27 bits per heavy atom. The Morgan fingerprint density at radius 3 is 3.13 bits per heavy atom. The number of H-pyrrole nitrogens is 1. The van der Waals surface area contributed by atoms with Crippen molar-refractivity contribution in [3.05, 3.63) is 35.3 Å². The summed E-state index contributed by atoms with van der Waals surface area (Å²) in [6.07, 6.45) is 2.20. The van der Waals surface area contributed by atoms with Gasteiger partial charge in [-0.2, -0.15) is 0 Å². The number of aromatic amines is 1. The van der Waals surface area contributed by atoms with Crippen LogP contribution in [-0.4, -0.2) is 11.5 Å². The summed E-state index contributed by atoms with van der Waals surface area (Å²) in [5.41, 5.74) is 3.55. The molecule has 0 amide bonds. The minimum absolute atomic E-state index is 0.159. The molecule has 0 aliphatic carbocycles. The summed E-state index contributed by atoms with van der Waals surface area (Å²) in [5, 5.41) is 4.39. The van der Waals surface area contributed by atoms with Crippen LogP contribution in [0.3, 0.4) is 0 Å². The average Bonchev–Trinajstić information content (AvgIpc) is 2.44. The summed E-state index contributed by atoms with van der Waals surface area (Å²) in [5.74, 6) is -0.159. The lowest BCUT2D eigenvalue weighted by molar-refractivity contribution is 0.629. The highest BCUT2D eigenvalue weighted by atomic mass is 19.1. The molecule has 0 bridgehead atoms. The summed E-state index contributed by atoms with van der Waals surface area (Å²) < 4.78 is 13.2. The van der Waals surface area contributed by atoms with Gasteiger partial charge >= 0.3 is 0 Å². The molecule has 0 radical (unpaired) electrons. The molecule has 2 N–H and O–H groups in total. The first-order chi connectivity index (χ1) is 7.34. The first-order valence-electron chi connectivity index (χ1n) is 5.34. The van der Waals surface area contributed by atoms with Crippen molar-refractivity contribution < 1.29 is 4.39 Å². The van der Waals surface area contributed by atoms with Gasteiger partial charge in [0.1, 0.15) is 5.82 Å². The fourth-order valence-electron chi connectivity index (χ4n) is 2.29. The predicted molar refractivity (Wildman–Crippen MR) is 58.3 cm³/mol. The molecule has 78 valence electrons. The maximum absolute atomic E-state index is 13.2. The molecule has 0 unspecified atom stereocenters. The molecule has 1 aromatic carbocycles. The van der Waals surface area contributed by atoms with Crippen LogP contribution in [0.15, 0.2) is 18.2 Å². The third-order valence-corrected chi connectivity index (χ3v) is 3.04. The first kappa shape index (κ1) is 8.92. The minimum Gasteiger partial charge on any atom is -0.358 e. The zero-order chi connectivity index (χ0) is 10.3. The second-order valence-corrected chi connectivity index (χ2v) is 4.05. The van der Waals surface area contributed by atoms with E-state index in [1.165, 1.54) is 17.3 Å². The van der Waals surface area contributed by atoms with Gasteiger partial charge in [0.2, 0.25) is 0 Å². The van der Waals surface area contributed by atoms with E-state index in [2.05, 4.69) is 10.3 Å². The summed E-state index contributed by atoms with van der Waals surface area (Å²) in [6.45, 7) is 1.89. The van der Waals surface area contributed by atoms with Crippen LogP contribution in [0.4, 0.5) is 4.39 Å². The van der Waals surface area contributed by atoms with E-state index in [4.69, 9.17) is 0 Å². The van der Waals surface area contributed by atoms with Gasteiger partial charge in [0.05, 0.1) is 0 Å². The monoisotopic (exact) mass is 204 g/mol. The van der Waals surface area contributed by atoms with Crippen molar-refractivity contribution in [3.8, 4) is 0 Å². The largest absolute Gasteiger partial charge is 0.358 e. The quantitative estimate of drug-likeness (QED) is 0.677. The number of nitrogens with one attached hydrogen (secondary N) is 2. The highest BCUT2D eigenvalue weighted by molar-refractivity contribution is 5.84. The van der Waals surface area contributed by atoms with E-state index in [-0.39, 0.29) is 5.82 Å². The molecule has 3 heteroatoms. The number of hydrogen-bond donors (Lipinski definition) is 2. The van der Waals surface area contributed by atoms with E-state index in [1.54, 1.807) is 6.07 Å². The molecule has 0 fully saturated rings. The number of aryl methyl sites for hydroxylation is 1. The Labute approximate surface area is 87.5 Å². The lowest BCUT2D eigenvalue weighted by Crippen LogP contribution is -2.11. The van der Waals surface area contributed by atoms with Crippen LogP contribution >= 0.6 is 0 Å². The highest BCUT2D eigenvalue weighted by Gasteiger charge is 2.13. The summed E-state index contributed by atoms with van der Waals surface area (Å²) in [7, 11) is 0. The van der Waals surface area contributed by atoms with Gasteiger partial charge < -0.3 is 10.3 Å². The zero-order valence-corrected chi connectivity index (χ0v) is 8.44. The van der Waals surface area contributed by atoms with Gasteiger partial charge in [-0.15, -0.1) is 0 Å². The SMILES string of the molecule is Fc1ccc2[nH]c3c(c2c1)CNCCC3. The highest BCUT2D eigenvalue weighted by Crippen LogP contribution is 2.25. The number of rotatable bonds is 0. The molecule has 2 aromatic rings. The summed E-state index contributed by atoms with van der Waals surface area (Å²) in [4.78, 5) is 3.38. The summed E-state index contributed by atoms with van der Waals surface area (Å²) >= 11 is 0. The second-order valence-electron chi connectivity index (χ2n) is 4.05. The number of aromatic nitrogens is 1. The third kappa shape index (κ3) is 1.43. The van der Waals surface area contributed by atoms with Crippen molar-refractivity contribution in [2.24, 2.45) is 0 Å². The van der Waals surface area contributed by atoms with Crippen LogP contribution in [0.1, 0.15) is 17.7 Å². The fraction of sp³-hybridized carbons (Fsp3) is 0.333. The number of benzene rings is 1. The third-order valence-electron chi connectivity index (χ3n) is 3.04. The predicted octanol–water partition coefficient (Wildman–Crippen LogP) is 2.34. The molecule has 1 aliphatic heterocycles. The minimum atomic E-state index is -0.159. The molecular formula is C12H13FN2. The molecule has 1 aliphatic rings. The normalized spacial score (nSPS) is 16.3. The van der Waals surface area contributed by atoms with Crippen molar-refractivity contribution >= 4 is 10.9 Å². The lowest BCUT2D eigenvalue weighted by Gasteiger charge is -1.99. The number of fused-ring (bicyclic) bond motifs is 3. The molecule has 0 saturated heterocycles. The van der Waals surface area contributed by atoms with Gasteiger partial charge in [0.25, 0.3) is 0 Å². The molecule has 0 spiro atoms. The Bertz CT molecular complexity index is 502. The summed E-state index contributed by atoms with van der Waals surface area (Å²) in [6, 6.07) is 4.95. The van der Waals surface area contributed by atoms with Gasteiger partial charge in [-0.25, -0.2) is 4.39 Å². The van der Waals surface area contributed by atoms with Crippen LogP contribution < -0.4 is 5.32 Å². The van der Waals surface area contributed by atoms with Gasteiger partial charge in [-0.1, -0.05) is 0 Å². The Hall–Kier alpha value is -1.35. The molecule has 0 saturated carbocycles. The Kier molecular flexibility index (Phi) is 1.99. The molecule has 15 heavy (non-hydrogen) atoms. The van der Waals surface area contributed by atoms with Crippen molar-refractivity contribution in [1.82, 2.24) is 10.3 Å². The zero-order valence-electron chi connectivity index (χ0n) is 8.44. The Balaban J connectivity index is 2.24. The van der Waals surface area contributed by atoms with Crippen molar-refractivity contribution in [2.75, 3.05) is 6.54 Å². The number of hydrogen-bond acceptors (Lipinski definition) is 1. The maximum Gasteiger partial charge on any atom is 0.123 e. The van der Waals surface area contributed by atoms with Gasteiger partial charge in [-0.3, -0.25) is 0 Å². The topological polar surface area (TPSA) is 27.8 Å². The van der Waals surface area contributed by atoms with E-state index < -0.39 is 0 Å². The molecule has 2 nitrogen and oxygen atoms in total. The van der Waals surface area contributed by atoms with E-state index in [1.807, 2.05) is 6.07 Å². The smallest absolute Gasteiger partial charge is 0.123 e. The average molecular weight is 204 g/mol. The molecule has 2 heterocycles. The van der Waals surface area contributed by atoms with Crippen molar-refractivity contribution in [1.29, 1.82) is 0 Å². The molecule has 0 atom stereocenters. The standard InChI is InChI=1S/C12H13FN2/c13-8-3-4-12-9(6-8)10-7-14-5-1-2-11(10)15-12/h3-4,6,14-15H,1-2,5,7H2. The van der Waals surface area contributed by atoms with Crippen LogP contribution in [0, 0.1) is 5.82 Å². The van der Waals surface area contributed by atoms with E-state index in [9.17, 15) is 4.39 Å². The lowest BCUT2D eigenvalue weighted by atomic mass is 10.1. The van der Waals surface area contributed by atoms with Crippen molar-refractivity contribution in [3.63, 3.8) is 0 Å². The van der Waals surface area contributed by atoms with Gasteiger partial charge in [0.15, 0.2) is 0 Å². The van der Waals surface area contributed by atoms with Crippen LogP contribution in [0.5, 0.6) is 0 Å². The van der Waals surface area contributed by atoms with Gasteiger partial charge in [0, 0.05) is 23.1 Å². The molecular weight excluding hydrogens is 191 g/mol. The number of halogens is 1. The van der Waals surface area contributed by atoms with Gasteiger partial charge in [-0.05, 0) is 43.1 Å². The van der Waals surface area contributed by atoms with E-state index >= 15 is 0 Å². The first-order valence-corrected chi connectivity index (χ1v) is 5.34. The van der Waals surface area contributed by atoms with Crippen LogP contribution in [0.2, 0.25) is 0 Å². The molecule has 1 aromatic heterocycles. The second kappa shape index (κ2) is 3.35. The Morgan fingerprint density at radius 2 is 2.20 bits per heavy atom. The van der Waals surface area contributed by atoms with E-state index in [0.29, 0.717) is 0 Å². The van der Waals surface area contributed by atoms with Crippen LogP contribution in [-0.2, 0) is 13.0 Å².